The molecule has 2 rings (SSSR count). The predicted octanol–water partition coefficient (Wildman–Crippen LogP) is 2.29. The summed E-state index contributed by atoms with van der Waals surface area (Å²) in [5.74, 6) is -1.18. The van der Waals surface area contributed by atoms with Crippen molar-refractivity contribution in [2.24, 2.45) is 0 Å². The van der Waals surface area contributed by atoms with Crippen molar-refractivity contribution < 1.29 is 23.9 Å². The number of amides is 3. The molecule has 1 aromatic rings. The van der Waals surface area contributed by atoms with Gasteiger partial charge in [-0.1, -0.05) is 32.8 Å². The Hall–Kier alpha value is -3.10. The van der Waals surface area contributed by atoms with E-state index in [1.807, 2.05) is 6.92 Å². The highest BCUT2D eigenvalue weighted by Gasteiger charge is 2.34. The number of piperazine rings is 1. The average Bonchev–Trinajstić information content (AvgIpc) is 2.78. The number of esters is 1. The molecule has 1 aliphatic rings. The Labute approximate surface area is 189 Å². The van der Waals surface area contributed by atoms with E-state index >= 15 is 0 Å². The molecule has 1 fully saturated rings. The van der Waals surface area contributed by atoms with Gasteiger partial charge in [-0.15, -0.1) is 0 Å². The van der Waals surface area contributed by atoms with E-state index in [4.69, 9.17) is 4.74 Å². The molecule has 176 valence electrons. The second-order valence-corrected chi connectivity index (χ2v) is 7.76. The highest BCUT2D eigenvalue weighted by molar-refractivity contribution is 5.93. The minimum Gasteiger partial charge on any atom is -0.466 e. The van der Waals surface area contributed by atoms with E-state index in [9.17, 15) is 19.2 Å². The van der Waals surface area contributed by atoms with E-state index in [1.54, 1.807) is 24.3 Å². The number of hydrogen-bond donors (Lipinski definition) is 3. The van der Waals surface area contributed by atoms with E-state index in [0.29, 0.717) is 37.3 Å². The Bertz CT molecular complexity index is 798. The van der Waals surface area contributed by atoms with E-state index < -0.39 is 12.0 Å². The number of unbranched alkanes of at least 4 members (excludes halogenated alkanes) is 2. The van der Waals surface area contributed by atoms with Crippen molar-refractivity contribution in [1.29, 1.82) is 0 Å². The first-order valence-corrected chi connectivity index (χ1v) is 11.3. The van der Waals surface area contributed by atoms with Crippen LogP contribution in [0, 0.1) is 0 Å². The molecular weight excluding hydrogens is 412 g/mol. The molecule has 0 radical (unpaired) electrons. The molecular formula is C23H34N4O5. The van der Waals surface area contributed by atoms with E-state index in [-0.39, 0.29) is 37.3 Å². The molecule has 0 saturated carbocycles. The molecule has 0 spiro atoms. The molecule has 0 aliphatic carbocycles. The normalized spacial score (nSPS) is 15.6. The minimum absolute atomic E-state index is 0.0381. The maximum Gasteiger partial charge on any atom is 0.308 e. The first-order valence-electron chi connectivity index (χ1n) is 11.3. The fraction of sp³-hybridized carbons (Fsp3) is 0.565. The van der Waals surface area contributed by atoms with Crippen molar-refractivity contribution in [2.75, 3.05) is 36.9 Å². The maximum atomic E-state index is 12.8. The quantitative estimate of drug-likeness (QED) is 0.335. The van der Waals surface area contributed by atoms with Gasteiger partial charge in [0.25, 0.3) is 0 Å². The molecule has 3 amide bonds. The Kier molecular flexibility index (Phi) is 10.5. The lowest BCUT2D eigenvalue weighted by Crippen LogP contribution is -2.58. The Morgan fingerprint density at radius 3 is 2.69 bits per heavy atom. The molecule has 0 bridgehead atoms. The summed E-state index contributed by atoms with van der Waals surface area (Å²) < 4.78 is 5.07. The van der Waals surface area contributed by atoms with Crippen LogP contribution < -0.4 is 16.0 Å². The largest absolute Gasteiger partial charge is 0.466 e. The van der Waals surface area contributed by atoms with Crippen molar-refractivity contribution in [3.05, 3.63) is 24.3 Å². The number of nitrogens with one attached hydrogen (secondary N) is 3. The van der Waals surface area contributed by atoms with Crippen LogP contribution >= 0.6 is 0 Å². The van der Waals surface area contributed by atoms with Crippen molar-refractivity contribution in [1.82, 2.24) is 10.2 Å². The van der Waals surface area contributed by atoms with Crippen LogP contribution in [0.25, 0.3) is 0 Å². The van der Waals surface area contributed by atoms with Gasteiger partial charge in [-0.25, -0.2) is 0 Å². The molecule has 1 saturated heterocycles. The number of hydrogen-bond acceptors (Lipinski definition) is 6. The molecule has 1 atom stereocenters. The van der Waals surface area contributed by atoms with Crippen LogP contribution in [0.2, 0.25) is 0 Å². The summed E-state index contributed by atoms with van der Waals surface area (Å²) in [5, 5.41) is 8.60. The van der Waals surface area contributed by atoms with Crippen LogP contribution in [-0.2, 0) is 23.9 Å². The van der Waals surface area contributed by atoms with Crippen molar-refractivity contribution in [3.8, 4) is 0 Å². The summed E-state index contributed by atoms with van der Waals surface area (Å²) >= 11 is 0. The van der Waals surface area contributed by atoms with Crippen LogP contribution in [-0.4, -0.2) is 60.9 Å². The zero-order valence-electron chi connectivity index (χ0n) is 18.9. The standard InChI is InChI=1S/C23H34N4O5/c1-3-5-6-10-20(28)26-18-9-7-8-17(14-18)25-16-21(29)27-12-11-24-23(31)19(27)15-22(30)32-13-4-2/h7-9,14,19,25H,3-6,10-13,15-16H2,1-2H3,(H,24,31)(H,26,28). The summed E-state index contributed by atoms with van der Waals surface area (Å²) in [4.78, 5) is 50.5. The third-order valence-corrected chi connectivity index (χ3v) is 5.08. The van der Waals surface area contributed by atoms with Gasteiger partial charge in [-0.2, -0.15) is 0 Å². The third kappa shape index (κ3) is 8.20. The Morgan fingerprint density at radius 2 is 1.94 bits per heavy atom. The van der Waals surface area contributed by atoms with Gasteiger partial charge in [-0.3, -0.25) is 19.2 Å². The lowest BCUT2D eigenvalue weighted by molar-refractivity contribution is -0.151. The van der Waals surface area contributed by atoms with E-state index in [2.05, 4.69) is 22.9 Å². The Morgan fingerprint density at radius 1 is 1.16 bits per heavy atom. The number of carbonyl (C=O) groups excluding carboxylic acids is 4. The summed E-state index contributed by atoms with van der Waals surface area (Å²) in [6.45, 7) is 4.88. The molecule has 1 aromatic carbocycles. The fourth-order valence-electron chi connectivity index (χ4n) is 3.39. The maximum absolute atomic E-state index is 12.8. The number of benzene rings is 1. The molecule has 9 heteroatoms. The van der Waals surface area contributed by atoms with Crippen LogP contribution in [0.15, 0.2) is 24.3 Å². The van der Waals surface area contributed by atoms with Crippen molar-refractivity contribution in [3.63, 3.8) is 0 Å². The average molecular weight is 447 g/mol. The molecule has 1 aliphatic heterocycles. The fourth-order valence-corrected chi connectivity index (χ4v) is 3.39. The zero-order chi connectivity index (χ0) is 23.3. The predicted molar refractivity (Wildman–Crippen MR) is 122 cm³/mol. The monoisotopic (exact) mass is 446 g/mol. The molecule has 32 heavy (non-hydrogen) atoms. The van der Waals surface area contributed by atoms with Crippen LogP contribution in [0.1, 0.15) is 52.4 Å². The summed E-state index contributed by atoms with van der Waals surface area (Å²) in [7, 11) is 0. The lowest BCUT2D eigenvalue weighted by atomic mass is 10.1. The van der Waals surface area contributed by atoms with Crippen molar-refractivity contribution in [2.45, 2.75) is 58.4 Å². The van der Waals surface area contributed by atoms with Crippen LogP contribution in [0.4, 0.5) is 11.4 Å². The van der Waals surface area contributed by atoms with Gasteiger partial charge in [0.05, 0.1) is 19.6 Å². The van der Waals surface area contributed by atoms with Gasteiger partial charge >= 0.3 is 5.97 Å². The van der Waals surface area contributed by atoms with Gasteiger partial charge < -0.3 is 25.6 Å². The van der Waals surface area contributed by atoms with Gasteiger partial charge in [-0.05, 0) is 31.0 Å². The molecule has 0 aromatic heterocycles. The van der Waals surface area contributed by atoms with Gasteiger partial charge in [0, 0.05) is 30.9 Å². The number of nitrogens with zero attached hydrogens (tertiary/aromatic N) is 1. The number of ether oxygens (including phenoxy) is 1. The molecule has 3 N–H and O–H groups in total. The van der Waals surface area contributed by atoms with Gasteiger partial charge in [0.2, 0.25) is 17.7 Å². The van der Waals surface area contributed by atoms with Crippen molar-refractivity contribution >= 4 is 35.1 Å². The SMILES string of the molecule is CCCCCC(=O)Nc1cccc(NCC(=O)N2CCNC(=O)C2CC(=O)OCCC)c1. The number of anilines is 2. The van der Waals surface area contributed by atoms with Crippen LogP contribution in [0.5, 0.6) is 0 Å². The molecule has 9 nitrogen and oxygen atoms in total. The smallest absolute Gasteiger partial charge is 0.308 e. The Balaban J connectivity index is 1.91. The molecule has 1 heterocycles. The highest BCUT2D eigenvalue weighted by Crippen LogP contribution is 2.17. The second-order valence-electron chi connectivity index (χ2n) is 7.76. The third-order valence-electron chi connectivity index (χ3n) is 5.08. The van der Waals surface area contributed by atoms with E-state index in [1.165, 1.54) is 4.90 Å². The summed E-state index contributed by atoms with van der Waals surface area (Å²) in [6, 6.07) is 6.25. The molecule has 1 unspecified atom stereocenters. The minimum atomic E-state index is -0.879. The van der Waals surface area contributed by atoms with Crippen LogP contribution in [0.3, 0.4) is 0 Å². The number of rotatable bonds is 12. The first-order chi connectivity index (χ1) is 15.4. The van der Waals surface area contributed by atoms with E-state index in [0.717, 1.165) is 19.3 Å². The summed E-state index contributed by atoms with van der Waals surface area (Å²) in [5.41, 5.74) is 1.32. The lowest BCUT2D eigenvalue weighted by Gasteiger charge is -2.34. The van der Waals surface area contributed by atoms with Gasteiger partial charge in [0.15, 0.2) is 0 Å². The topological polar surface area (TPSA) is 117 Å². The highest BCUT2D eigenvalue weighted by atomic mass is 16.5. The summed E-state index contributed by atoms with van der Waals surface area (Å²) in [6.07, 6.45) is 3.92. The second kappa shape index (κ2) is 13.3. The number of carbonyl (C=O) groups is 4. The zero-order valence-corrected chi connectivity index (χ0v) is 18.9. The van der Waals surface area contributed by atoms with Gasteiger partial charge in [0.1, 0.15) is 6.04 Å². The first kappa shape index (κ1) is 25.2.